The number of nitriles is 1. The molecule has 5 nitrogen and oxygen atoms in total. The summed E-state index contributed by atoms with van der Waals surface area (Å²) in [6.07, 6.45) is -0.367. The number of rotatable bonds is 3. The molecule has 6 heteroatoms. The van der Waals surface area contributed by atoms with Crippen LogP contribution in [0.25, 0.3) is 0 Å². The molecule has 80 valence electrons. The lowest BCUT2D eigenvalue weighted by molar-refractivity contribution is 0.235. The molecule has 1 N–H and O–H groups in total. The fourth-order valence-corrected chi connectivity index (χ4v) is 1.44. The van der Waals surface area contributed by atoms with Crippen LogP contribution in [-0.2, 0) is 10.1 Å². The Kier molecular flexibility index (Phi) is 3.29. The van der Waals surface area contributed by atoms with E-state index in [1.807, 2.05) is 0 Å². The Morgan fingerprint density at radius 2 is 2.20 bits per heavy atom. The van der Waals surface area contributed by atoms with Crippen molar-refractivity contribution >= 4 is 10.1 Å². The van der Waals surface area contributed by atoms with E-state index < -0.39 is 16.2 Å². The van der Waals surface area contributed by atoms with Crippen molar-refractivity contribution in [3.05, 3.63) is 29.8 Å². The molecule has 15 heavy (non-hydrogen) atoms. The molecule has 0 aliphatic heterocycles. The second-order valence-electron chi connectivity index (χ2n) is 2.89. The summed E-state index contributed by atoms with van der Waals surface area (Å²) in [4.78, 5) is 0. The van der Waals surface area contributed by atoms with Crippen molar-refractivity contribution < 1.29 is 17.7 Å². The highest BCUT2D eigenvalue weighted by Crippen LogP contribution is 2.19. The maximum atomic E-state index is 10.8. The lowest BCUT2D eigenvalue weighted by Crippen LogP contribution is -2.06. The minimum absolute atomic E-state index is 0.0734. The third kappa shape index (κ3) is 3.58. The van der Waals surface area contributed by atoms with Gasteiger partial charge in [-0.2, -0.15) is 13.7 Å². The van der Waals surface area contributed by atoms with E-state index >= 15 is 0 Å². The quantitative estimate of drug-likeness (QED) is 0.603. The molecule has 0 bridgehead atoms. The van der Waals surface area contributed by atoms with E-state index in [4.69, 9.17) is 5.26 Å². The summed E-state index contributed by atoms with van der Waals surface area (Å²) >= 11 is 0. The average Bonchev–Trinajstić information content (AvgIpc) is 2.14. The molecule has 1 aromatic rings. The Hall–Kier alpha value is -1.58. The molecule has 0 saturated carbocycles. The minimum atomic E-state index is -3.59. The van der Waals surface area contributed by atoms with Crippen molar-refractivity contribution in [1.29, 1.82) is 5.26 Å². The molecule has 1 rings (SSSR count). The Morgan fingerprint density at radius 3 is 2.73 bits per heavy atom. The van der Waals surface area contributed by atoms with Crippen LogP contribution in [0.3, 0.4) is 0 Å². The molecule has 1 atom stereocenters. The molecule has 0 aliphatic carbocycles. The van der Waals surface area contributed by atoms with E-state index in [1.165, 1.54) is 24.3 Å². The van der Waals surface area contributed by atoms with E-state index in [0.29, 0.717) is 5.56 Å². The van der Waals surface area contributed by atoms with Crippen LogP contribution in [0.4, 0.5) is 0 Å². The van der Waals surface area contributed by atoms with Gasteiger partial charge in [0.1, 0.15) is 5.75 Å². The van der Waals surface area contributed by atoms with Crippen molar-refractivity contribution in [2.75, 3.05) is 6.26 Å². The standard InChI is InChI=1S/C9H9NO4S/c1-15(12,13)14-8-4-2-3-7(5-8)9(11)6-10/h2-5,9,11H,1H3. The van der Waals surface area contributed by atoms with Gasteiger partial charge in [0.15, 0.2) is 6.10 Å². The third-order valence-electron chi connectivity index (χ3n) is 1.54. The first-order valence-corrected chi connectivity index (χ1v) is 5.81. The van der Waals surface area contributed by atoms with Gasteiger partial charge < -0.3 is 9.29 Å². The predicted molar refractivity (Wildman–Crippen MR) is 52.5 cm³/mol. The average molecular weight is 227 g/mol. The third-order valence-corrected chi connectivity index (χ3v) is 2.04. The normalized spacial score (nSPS) is 12.9. The molecule has 0 amide bonds. The van der Waals surface area contributed by atoms with E-state index in [9.17, 15) is 13.5 Å². The molecule has 1 aromatic carbocycles. The van der Waals surface area contributed by atoms with Gasteiger partial charge in [-0.25, -0.2) is 0 Å². The molecule has 0 aliphatic rings. The largest absolute Gasteiger partial charge is 0.383 e. The number of hydrogen-bond donors (Lipinski definition) is 1. The van der Waals surface area contributed by atoms with Gasteiger partial charge in [0.2, 0.25) is 0 Å². The Bertz CT molecular complexity index is 489. The maximum Gasteiger partial charge on any atom is 0.306 e. The van der Waals surface area contributed by atoms with Crippen LogP contribution >= 0.6 is 0 Å². The monoisotopic (exact) mass is 227 g/mol. The fourth-order valence-electron chi connectivity index (χ4n) is 0.986. The van der Waals surface area contributed by atoms with Crippen molar-refractivity contribution in [1.82, 2.24) is 0 Å². The minimum Gasteiger partial charge on any atom is -0.383 e. The highest BCUT2D eigenvalue weighted by Gasteiger charge is 2.09. The van der Waals surface area contributed by atoms with Crippen LogP contribution in [0.2, 0.25) is 0 Å². The van der Waals surface area contributed by atoms with Gasteiger partial charge in [-0.3, -0.25) is 0 Å². The van der Waals surface area contributed by atoms with E-state index in [0.717, 1.165) is 6.26 Å². The highest BCUT2D eigenvalue weighted by molar-refractivity contribution is 7.86. The molecule has 0 heterocycles. The summed E-state index contributed by atoms with van der Waals surface area (Å²) in [7, 11) is -3.59. The molecule has 0 spiro atoms. The molecular weight excluding hydrogens is 218 g/mol. The summed E-state index contributed by atoms with van der Waals surface area (Å²) in [6.45, 7) is 0. The molecule has 1 unspecified atom stereocenters. The molecule has 0 saturated heterocycles. The zero-order valence-corrected chi connectivity index (χ0v) is 8.73. The zero-order valence-electron chi connectivity index (χ0n) is 7.91. The highest BCUT2D eigenvalue weighted by atomic mass is 32.2. The van der Waals surface area contributed by atoms with Gasteiger partial charge >= 0.3 is 10.1 Å². The van der Waals surface area contributed by atoms with E-state index in [-0.39, 0.29) is 5.75 Å². The van der Waals surface area contributed by atoms with Crippen molar-refractivity contribution in [3.63, 3.8) is 0 Å². The fraction of sp³-hybridized carbons (Fsp3) is 0.222. The van der Waals surface area contributed by atoms with Crippen LogP contribution in [-0.4, -0.2) is 19.8 Å². The second-order valence-corrected chi connectivity index (χ2v) is 4.47. The van der Waals surface area contributed by atoms with Gasteiger partial charge in [-0.15, -0.1) is 0 Å². The van der Waals surface area contributed by atoms with E-state index in [1.54, 1.807) is 6.07 Å². The van der Waals surface area contributed by atoms with Gasteiger partial charge in [-0.05, 0) is 17.7 Å². The topological polar surface area (TPSA) is 87.4 Å². The zero-order chi connectivity index (χ0) is 11.5. The van der Waals surface area contributed by atoms with Gasteiger partial charge in [0.25, 0.3) is 0 Å². The Labute approximate surface area is 87.7 Å². The number of benzene rings is 1. The van der Waals surface area contributed by atoms with Gasteiger partial charge in [0, 0.05) is 0 Å². The number of aliphatic hydroxyl groups is 1. The smallest absolute Gasteiger partial charge is 0.306 e. The predicted octanol–water partition coefficient (Wildman–Crippen LogP) is 0.582. The van der Waals surface area contributed by atoms with Gasteiger partial charge in [-0.1, -0.05) is 12.1 Å². The summed E-state index contributed by atoms with van der Waals surface area (Å²) in [6, 6.07) is 7.35. The lowest BCUT2D eigenvalue weighted by atomic mass is 10.1. The van der Waals surface area contributed by atoms with Crippen molar-refractivity contribution in [2.24, 2.45) is 0 Å². The first-order valence-electron chi connectivity index (χ1n) is 3.99. The molecular formula is C9H9NO4S. The van der Waals surface area contributed by atoms with Crippen molar-refractivity contribution in [3.8, 4) is 11.8 Å². The SMILES string of the molecule is CS(=O)(=O)Oc1cccc(C(O)C#N)c1. The first-order chi connectivity index (χ1) is 6.92. The summed E-state index contributed by atoms with van der Waals surface area (Å²) in [5.74, 6) is 0.0734. The molecule has 0 radical (unpaired) electrons. The Morgan fingerprint density at radius 1 is 1.53 bits per heavy atom. The summed E-state index contributed by atoms with van der Waals surface area (Å²) < 4.78 is 26.2. The van der Waals surface area contributed by atoms with Crippen LogP contribution in [0.5, 0.6) is 5.75 Å². The summed E-state index contributed by atoms with van der Waals surface area (Å²) in [5.41, 5.74) is 0.290. The number of aliphatic hydroxyl groups excluding tert-OH is 1. The van der Waals surface area contributed by atoms with Crippen LogP contribution < -0.4 is 4.18 Å². The van der Waals surface area contributed by atoms with Crippen LogP contribution in [0, 0.1) is 11.3 Å². The lowest BCUT2D eigenvalue weighted by Gasteiger charge is -2.05. The van der Waals surface area contributed by atoms with Crippen LogP contribution in [0.15, 0.2) is 24.3 Å². The number of hydrogen-bond acceptors (Lipinski definition) is 5. The van der Waals surface area contributed by atoms with Gasteiger partial charge in [0.05, 0.1) is 12.3 Å². The second kappa shape index (κ2) is 4.29. The molecule has 0 aromatic heterocycles. The first kappa shape index (κ1) is 11.5. The maximum absolute atomic E-state index is 10.8. The number of nitrogens with zero attached hydrogens (tertiary/aromatic N) is 1. The van der Waals surface area contributed by atoms with E-state index in [2.05, 4.69) is 4.18 Å². The summed E-state index contributed by atoms with van der Waals surface area (Å²) in [5, 5.41) is 17.6. The van der Waals surface area contributed by atoms with Crippen LogP contribution in [0.1, 0.15) is 11.7 Å². The molecule has 0 fully saturated rings. The van der Waals surface area contributed by atoms with Crippen molar-refractivity contribution in [2.45, 2.75) is 6.10 Å². The Balaban J connectivity index is 2.99.